The van der Waals surface area contributed by atoms with Crippen LogP contribution in [0.3, 0.4) is 0 Å². The van der Waals surface area contributed by atoms with Crippen molar-refractivity contribution >= 4 is 11.9 Å². The zero-order chi connectivity index (χ0) is 12.0. The van der Waals surface area contributed by atoms with E-state index < -0.39 is 11.9 Å². The molecular weight excluding hydrogens is 208 g/mol. The molecule has 0 spiro atoms. The van der Waals surface area contributed by atoms with E-state index >= 15 is 0 Å². The first-order valence-electron chi connectivity index (χ1n) is 5.47. The molecule has 1 atom stereocenters. The summed E-state index contributed by atoms with van der Waals surface area (Å²) in [5.74, 6) is -1.25. The van der Waals surface area contributed by atoms with Gasteiger partial charge in [0.2, 0.25) is 5.91 Å². The van der Waals surface area contributed by atoms with Crippen LogP contribution in [0.2, 0.25) is 0 Å². The zero-order valence-electron chi connectivity index (χ0n) is 9.32. The van der Waals surface area contributed by atoms with Crippen molar-refractivity contribution in [2.45, 2.75) is 12.8 Å². The third kappa shape index (κ3) is 3.66. The fourth-order valence-corrected chi connectivity index (χ4v) is 1.80. The average molecular weight is 226 g/mol. The summed E-state index contributed by atoms with van der Waals surface area (Å²) in [6, 6.07) is 0. The van der Waals surface area contributed by atoms with Gasteiger partial charge in [0.1, 0.15) is 0 Å². The van der Waals surface area contributed by atoms with Gasteiger partial charge in [-0.25, -0.2) is 0 Å². The molecule has 1 saturated heterocycles. The van der Waals surface area contributed by atoms with Gasteiger partial charge in [0.15, 0.2) is 0 Å². The zero-order valence-corrected chi connectivity index (χ0v) is 9.32. The topological polar surface area (TPSA) is 69.6 Å². The fourth-order valence-electron chi connectivity index (χ4n) is 1.80. The number of rotatable bonds is 5. The van der Waals surface area contributed by atoms with Gasteiger partial charge in [-0.05, 0) is 12.8 Å². The maximum atomic E-state index is 11.7. The van der Waals surface area contributed by atoms with Gasteiger partial charge in [0.05, 0.1) is 12.5 Å². The fraction of sp³-hybridized carbons (Fsp3) is 0.636. The number of hydrogen-bond donors (Lipinski definition) is 2. The summed E-state index contributed by atoms with van der Waals surface area (Å²) in [7, 11) is 0. The van der Waals surface area contributed by atoms with Crippen molar-refractivity contribution in [2.75, 3.05) is 26.2 Å². The van der Waals surface area contributed by atoms with Crippen molar-refractivity contribution in [3.8, 4) is 0 Å². The Hall–Kier alpha value is -1.36. The van der Waals surface area contributed by atoms with Gasteiger partial charge >= 0.3 is 5.97 Å². The van der Waals surface area contributed by atoms with Gasteiger partial charge < -0.3 is 15.3 Å². The third-order valence-electron chi connectivity index (χ3n) is 2.69. The molecule has 1 amide bonds. The number of carbonyl (C=O) groups is 2. The Kier molecular flexibility index (Phi) is 4.98. The first kappa shape index (κ1) is 12.7. The minimum Gasteiger partial charge on any atom is -0.481 e. The molecule has 1 rings (SSSR count). The average Bonchev–Trinajstić information content (AvgIpc) is 2.29. The number of nitrogens with one attached hydrogen (secondary N) is 1. The van der Waals surface area contributed by atoms with Crippen molar-refractivity contribution in [3.05, 3.63) is 12.7 Å². The number of aliphatic carboxylic acids is 1. The van der Waals surface area contributed by atoms with Crippen molar-refractivity contribution in [3.63, 3.8) is 0 Å². The van der Waals surface area contributed by atoms with Crippen LogP contribution in [-0.4, -0.2) is 48.1 Å². The number of carbonyl (C=O) groups excluding carboxylic acids is 1. The Morgan fingerprint density at radius 1 is 1.56 bits per heavy atom. The molecule has 1 fully saturated rings. The molecule has 0 aromatic heterocycles. The summed E-state index contributed by atoms with van der Waals surface area (Å²) in [4.78, 5) is 24.1. The van der Waals surface area contributed by atoms with Gasteiger partial charge in [-0.3, -0.25) is 9.59 Å². The molecule has 0 aromatic carbocycles. The highest BCUT2D eigenvalue weighted by Gasteiger charge is 2.27. The van der Waals surface area contributed by atoms with E-state index in [1.807, 2.05) is 0 Å². The second-order valence-electron chi connectivity index (χ2n) is 3.94. The van der Waals surface area contributed by atoms with Crippen molar-refractivity contribution in [1.29, 1.82) is 0 Å². The highest BCUT2D eigenvalue weighted by atomic mass is 16.4. The predicted octanol–water partition coefficient (Wildman–Crippen LogP) is 0.0852. The molecule has 1 aliphatic rings. The minimum absolute atomic E-state index is 0.0344. The summed E-state index contributed by atoms with van der Waals surface area (Å²) in [6.07, 6.45) is 3.12. The maximum Gasteiger partial charge on any atom is 0.308 e. The van der Waals surface area contributed by atoms with Crippen molar-refractivity contribution in [2.24, 2.45) is 5.92 Å². The number of carboxylic acids is 1. The Labute approximate surface area is 95.1 Å². The van der Waals surface area contributed by atoms with Crippen LogP contribution in [0.15, 0.2) is 12.7 Å². The van der Waals surface area contributed by atoms with Gasteiger partial charge in [-0.1, -0.05) is 6.08 Å². The number of hydrogen-bond acceptors (Lipinski definition) is 3. The molecule has 90 valence electrons. The number of piperidine rings is 1. The van der Waals surface area contributed by atoms with Crippen LogP contribution in [0.5, 0.6) is 0 Å². The lowest BCUT2D eigenvalue weighted by atomic mass is 9.98. The van der Waals surface area contributed by atoms with Gasteiger partial charge in [0, 0.05) is 19.6 Å². The molecule has 1 unspecified atom stereocenters. The molecule has 2 N–H and O–H groups in total. The van der Waals surface area contributed by atoms with Crippen LogP contribution in [0.25, 0.3) is 0 Å². The molecule has 5 nitrogen and oxygen atoms in total. The lowest BCUT2D eigenvalue weighted by molar-refractivity contribution is -0.145. The van der Waals surface area contributed by atoms with Crippen LogP contribution >= 0.6 is 0 Å². The predicted molar refractivity (Wildman–Crippen MR) is 60.0 cm³/mol. The maximum absolute atomic E-state index is 11.7. The second kappa shape index (κ2) is 6.27. The second-order valence-corrected chi connectivity index (χ2v) is 3.94. The molecule has 1 heterocycles. The lowest BCUT2D eigenvalue weighted by Crippen LogP contribution is -2.45. The summed E-state index contributed by atoms with van der Waals surface area (Å²) < 4.78 is 0. The molecule has 16 heavy (non-hydrogen) atoms. The molecule has 5 heteroatoms. The molecule has 1 aliphatic heterocycles. The smallest absolute Gasteiger partial charge is 0.308 e. The molecule has 0 radical (unpaired) electrons. The van der Waals surface area contributed by atoms with E-state index in [9.17, 15) is 9.59 Å². The molecule has 0 aliphatic carbocycles. The van der Waals surface area contributed by atoms with Crippen molar-refractivity contribution < 1.29 is 14.7 Å². The molecule has 0 bridgehead atoms. The minimum atomic E-state index is -0.809. The van der Waals surface area contributed by atoms with E-state index in [-0.39, 0.29) is 12.5 Å². The number of likely N-dealkylation sites (tertiary alicyclic amines) is 1. The van der Waals surface area contributed by atoms with Crippen LogP contribution in [-0.2, 0) is 9.59 Å². The molecule has 0 aromatic rings. The van der Waals surface area contributed by atoms with Crippen LogP contribution < -0.4 is 5.32 Å². The number of nitrogens with zero attached hydrogens (tertiary/aromatic N) is 1. The Balaban J connectivity index is 2.37. The van der Waals surface area contributed by atoms with E-state index in [1.165, 1.54) is 0 Å². The number of carboxylic acid groups (broad SMARTS) is 1. The Bertz CT molecular complexity index is 278. The van der Waals surface area contributed by atoms with E-state index in [2.05, 4.69) is 11.9 Å². The number of amides is 1. The summed E-state index contributed by atoms with van der Waals surface area (Å²) in [6.45, 7) is 5.38. The third-order valence-corrected chi connectivity index (χ3v) is 2.69. The Morgan fingerprint density at radius 3 is 2.94 bits per heavy atom. The molecular formula is C11H18N2O3. The highest BCUT2D eigenvalue weighted by molar-refractivity contribution is 5.79. The highest BCUT2D eigenvalue weighted by Crippen LogP contribution is 2.16. The summed E-state index contributed by atoms with van der Waals surface area (Å²) >= 11 is 0. The van der Waals surface area contributed by atoms with E-state index in [0.29, 0.717) is 26.1 Å². The van der Waals surface area contributed by atoms with Crippen molar-refractivity contribution in [1.82, 2.24) is 10.2 Å². The first-order valence-corrected chi connectivity index (χ1v) is 5.47. The van der Waals surface area contributed by atoms with Crippen LogP contribution in [0.4, 0.5) is 0 Å². The first-order chi connectivity index (χ1) is 7.65. The quantitative estimate of drug-likeness (QED) is 0.515. The lowest BCUT2D eigenvalue weighted by Gasteiger charge is -2.30. The summed E-state index contributed by atoms with van der Waals surface area (Å²) in [5.41, 5.74) is 0. The van der Waals surface area contributed by atoms with E-state index in [4.69, 9.17) is 5.11 Å². The Morgan fingerprint density at radius 2 is 2.31 bits per heavy atom. The standard InChI is InChI=1S/C11H18N2O3/c1-2-5-12-7-10(14)13-6-3-4-9(8-13)11(15)16/h2,9,12H,1,3-8H2,(H,15,16). The summed E-state index contributed by atoms with van der Waals surface area (Å²) in [5, 5.41) is 11.8. The van der Waals surface area contributed by atoms with E-state index in [0.717, 1.165) is 6.42 Å². The normalized spacial score (nSPS) is 20.5. The van der Waals surface area contributed by atoms with Gasteiger partial charge in [-0.15, -0.1) is 6.58 Å². The molecule has 0 saturated carbocycles. The largest absolute Gasteiger partial charge is 0.481 e. The van der Waals surface area contributed by atoms with E-state index in [1.54, 1.807) is 11.0 Å². The van der Waals surface area contributed by atoms with Gasteiger partial charge in [-0.2, -0.15) is 0 Å². The SMILES string of the molecule is C=CCNCC(=O)N1CCCC(C(=O)O)C1. The monoisotopic (exact) mass is 226 g/mol. The van der Waals surface area contributed by atoms with Gasteiger partial charge in [0.25, 0.3) is 0 Å². The van der Waals surface area contributed by atoms with Crippen LogP contribution in [0, 0.1) is 5.92 Å². The van der Waals surface area contributed by atoms with Crippen LogP contribution in [0.1, 0.15) is 12.8 Å².